The maximum Gasteiger partial charge on any atom is 0.410 e. The molecule has 0 saturated carbocycles. The Labute approximate surface area is 204 Å². The third kappa shape index (κ3) is 9.41. The number of ether oxygens (including phenoxy) is 2. The van der Waals surface area contributed by atoms with Crippen LogP contribution in [0.5, 0.6) is 0 Å². The van der Waals surface area contributed by atoms with Crippen LogP contribution in [0.3, 0.4) is 0 Å². The molecule has 2 atom stereocenters. The number of carbonyl (C=O) groups is 2. The van der Waals surface area contributed by atoms with Gasteiger partial charge in [-0.1, -0.05) is 0 Å². The van der Waals surface area contributed by atoms with Gasteiger partial charge in [-0.05, 0) is 65.7 Å². The number of nitrogens with zero attached hydrogens (tertiary/aromatic N) is 3. The lowest BCUT2D eigenvalue weighted by Gasteiger charge is -2.35. The second-order valence-corrected chi connectivity index (χ2v) is 9.23. The Morgan fingerprint density at radius 2 is 1.77 bits per heavy atom. The van der Waals surface area contributed by atoms with Crippen LogP contribution in [0.2, 0.25) is 0 Å². The van der Waals surface area contributed by atoms with Crippen molar-refractivity contribution < 1.29 is 19.1 Å². The molecule has 180 valence electrons. The summed E-state index contributed by atoms with van der Waals surface area (Å²) in [6, 6.07) is 0. The number of hydrogen-bond acceptors (Lipinski definition) is 5. The maximum absolute atomic E-state index is 12.4. The molecule has 0 aromatic heterocycles. The van der Waals surface area contributed by atoms with Gasteiger partial charge >= 0.3 is 12.1 Å². The van der Waals surface area contributed by atoms with Gasteiger partial charge in [0.1, 0.15) is 5.60 Å². The topological polar surface area (TPSA) is 83.5 Å². The average Bonchev–Trinajstić information content (AvgIpc) is 2.70. The average molecular weight is 552 g/mol. The van der Waals surface area contributed by atoms with E-state index < -0.39 is 5.60 Å². The summed E-state index contributed by atoms with van der Waals surface area (Å²) in [5.74, 6) is 1.09. The van der Waals surface area contributed by atoms with E-state index in [1.54, 1.807) is 7.05 Å². The molecule has 2 aliphatic rings. The van der Waals surface area contributed by atoms with Gasteiger partial charge < -0.3 is 24.6 Å². The smallest absolute Gasteiger partial charge is 0.410 e. The Balaban J connectivity index is 0.00000480. The van der Waals surface area contributed by atoms with Gasteiger partial charge in [0.25, 0.3) is 0 Å². The number of aliphatic imine (C=N–C) groups is 1. The van der Waals surface area contributed by atoms with Crippen molar-refractivity contribution in [3.8, 4) is 0 Å². The number of likely N-dealkylation sites (tertiary alicyclic amines) is 2. The van der Waals surface area contributed by atoms with Crippen molar-refractivity contribution in [3.05, 3.63) is 0 Å². The predicted octanol–water partition coefficient (Wildman–Crippen LogP) is 3.49. The molecule has 31 heavy (non-hydrogen) atoms. The van der Waals surface area contributed by atoms with Crippen LogP contribution >= 0.6 is 24.0 Å². The van der Waals surface area contributed by atoms with Crippen molar-refractivity contribution in [1.29, 1.82) is 0 Å². The van der Waals surface area contributed by atoms with E-state index >= 15 is 0 Å². The minimum atomic E-state index is -0.464. The second kappa shape index (κ2) is 13.3. The molecule has 9 heteroatoms. The predicted molar refractivity (Wildman–Crippen MR) is 133 cm³/mol. The highest BCUT2D eigenvalue weighted by Gasteiger charge is 2.29. The van der Waals surface area contributed by atoms with E-state index in [0.717, 1.165) is 64.2 Å². The monoisotopic (exact) mass is 552 g/mol. The van der Waals surface area contributed by atoms with Gasteiger partial charge in [0.05, 0.1) is 12.5 Å². The molecule has 0 spiro atoms. The molecule has 8 nitrogen and oxygen atoms in total. The van der Waals surface area contributed by atoms with E-state index in [-0.39, 0.29) is 42.0 Å². The fourth-order valence-electron chi connectivity index (χ4n) is 4.14. The Kier molecular flexibility index (Phi) is 11.9. The van der Waals surface area contributed by atoms with Gasteiger partial charge in [-0.15, -0.1) is 24.0 Å². The van der Waals surface area contributed by atoms with Gasteiger partial charge in [-0.25, -0.2) is 4.79 Å². The third-order valence-corrected chi connectivity index (χ3v) is 5.56. The molecule has 0 aromatic carbocycles. The number of amides is 1. The normalized spacial score (nSPS) is 22.4. The SMILES string of the molecule is CCOC(=O)C1CCCN(C(=NC)NCCC2CCCN(C(=O)OC(C)(C)C)C2)C1.I. The molecule has 2 fully saturated rings. The molecule has 2 unspecified atom stereocenters. The van der Waals surface area contributed by atoms with Gasteiger partial charge in [0, 0.05) is 39.8 Å². The summed E-state index contributed by atoms with van der Waals surface area (Å²) >= 11 is 0. The molecule has 0 aliphatic carbocycles. The number of esters is 1. The van der Waals surface area contributed by atoms with E-state index in [0.29, 0.717) is 19.1 Å². The van der Waals surface area contributed by atoms with Crippen LogP contribution in [0.1, 0.15) is 59.8 Å². The summed E-state index contributed by atoms with van der Waals surface area (Å²) in [4.78, 5) is 32.8. The van der Waals surface area contributed by atoms with Crippen molar-refractivity contribution in [1.82, 2.24) is 15.1 Å². The minimum absolute atomic E-state index is 0. The van der Waals surface area contributed by atoms with Crippen molar-refractivity contribution in [3.63, 3.8) is 0 Å². The zero-order valence-corrected chi connectivity index (χ0v) is 22.1. The molecular formula is C22H41IN4O4. The highest BCUT2D eigenvalue weighted by molar-refractivity contribution is 14.0. The largest absolute Gasteiger partial charge is 0.466 e. The number of hydrogen-bond donors (Lipinski definition) is 1. The highest BCUT2D eigenvalue weighted by Crippen LogP contribution is 2.22. The Morgan fingerprint density at radius 3 is 2.42 bits per heavy atom. The molecule has 2 rings (SSSR count). The fourth-order valence-corrected chi connectivity index (χ4v) is 4.14. The lowest BCUT2D eigenvalue weighted by atomic mass is 9.95. The first kappa shape index (κ1) is 27.8. The molecule has 0 aromatic rings. The van der Waals surface area contributed by atoms with Crippen LogP contribution < -0.4 is 5.32 Å². The summed E-state index contributed by atoms with van der Waals surface area (Å²) in [7, 11) is 1.78. The summed E-state index contributed by atoms with van der Waals surface area (Å²) < 4.78 is 10.7. The molecule has 2 saturated heterocycles. The first-order chi connectivity index (χ1) is 14.2. The van der Waals surface area contributed by atoms with Gasteiger partial charge in [0.15, 0.2) is 5.96 Å². The zero-order valence-electron chi connectivity index (χ0n) is 19.8. The van der Waals surface area contributed by atoms with Crippen molar-refractivity contribution in [2.24, 2.45) is 16.8 Å². The van der Waals surface area contributed by atoms with E-state index in [2.05, 4.69) is 15.2 Å². The van der Waals surface area contributed by atoms with E-state index in [1.807, 2.05) is 32.6 Å². The lowest BCUT2D eigenvalue weighted by Crippen LogP contribution is -2.49. The number of rotatable bonds is 5. The molecule has 1 amide bonds. The highest BCUT2D eigenvalue weighted by atomic mass is 127. The summed E-state index contributed by atoms with van der Waals surface area (Å²) in [6.45, 7) is 11.8. The Morgan fingerprint density at radius 1 is 1.10 bits per heavy atom. The standard InChI is InChI=1S/C22H40N4O4.HI/c1-6-29-19(27)18-10-8-13-25(16-18)20(23-5)24-12-11-17-9-7-14-26(15-17)21(28)30-22(2,3)4;/h17-18H,6-16H2,1-5H3,(H,23,24);1H. The van der Waals surface area contributed by atoms with Crippen molar-refractivity contribution in [2.75, 3.05) is 46.4 Å². The van der Waals surface area contributed by atoms with Gasteiger partial charge in [-0.3, -0.25) is 9.79 Å². The van der Waals surface area contributed by atoms with Crippen LogP contribution in [-0.2, 0) is 14.3 Å². The van der Waals surface area contributed by atoms with Crippen molar-refractivity contribution in [2.45, 2.75) is 65.4 Å². The molecule has 1 N–H and O–H groups in total. The summed E-state index contributed by atoms with van der Waals surface area (Å²) in [6.07, 6.45) is 4.70. The number of piperidine rings is 2. The van der Waals surface area contributed by atoms with E-state index in [4.69, 9.17) is 9.47 Å². The van der Waals surface area contributed by atoms with E-state index in [1.165, 1.54) is 0 Å². The molecule has 2 aliphatic heterocycles. The Bertz CT molecular complexity index is 609. The van der Waals surface area contributed by atoms with Crippen LogP contribution in [0.25, 0.3) is 0 Å². The third-order valence-electron chi connectivity index (χ3n) is 5.56. The summed E-state index contributed by atoms with van der Waals surface area (Å²) in [5, 5.41) is 3.45. The summed E-state index contributed by atoms with van der Waals surface area (Å²) in [5.41, 5.74) is -0.464. The van der Waals surface area contributed by atoms with Crippen molar-refractivity contribution >= 4 is 42.0 Å². The Hall–Kier alpha value is -1.26. The molecular weight excluding hydrogens is 511 g/mol. The van der Waals surface area contributed by atoms with Crippen LogP contribution in [0.4, 0.5) is 4.79 Å². The molecule has 2 heterocycles. The minimum Gasteiger partial charge on any atom is -0.466 e. The fraction of sp³-hybridized carbons (Fsp3) is 0.864. The van der Waals surface area contributed by atoms with Gasteiger partial charge in [-0.2, -0.15) is 0 Å². The quantitative estimate of drug-likeness (QED) is 0.244. The lowest BCUT2D eigenvalue weighted by molar-refractivity contribution is -0.149. The number of guanidine groups is 1. The van der Waals surface area contributed by atoms with Crippen LogP contribution in [0, 0.1) is 11.8 Å². The number of carbonyl (C=O) groups excluding carboxylic acids is 2. The van der Waals surface area contributed by atoms with Crippen LogP contribution in [-0.4, -0.2) is 79.8 Å². The molecule has 0 bridgehead atoms. The van der Waals surface area contributed by atoms with E-state index in [9.17, 15) is 9.59 Å². The van der Waals surface area contributed by atoms with Gasteiger partial charge in [0.2, 0.25) is 0 Å². The first-order valence-electron chi connectivity index (χ1n) is 11.3. The zero-order chi connectivity index (χ0) is 22.1. The maximum atomic E-state index is 12.4. The van der Waals surface area contributed by atoms with Crippen LogP contribution in [0.15, 0.2) is 4.99 Å². The number of halogens is 1. The number of nitrogens with one attached hydrogen (secondary N) is 1. The second-order valence-electron chi connectivity index (χ2n) is 9.23. The first-order valence-corrected chi connectivity index (χ1v) is 11.3. The molecule has 0 radical (unpaired) electrons.